The molecule has 1 saturated carbocycles. The second-order valence-corrected chi connectivity index (χ2v) is 6.80. The van der Waals surface area contributed by atoms with Crippen LogP contribution in [0, 0.1) is 11.8 Å². The van der Waals surface area contributed by atoms with E-state index in [1.807, 2.05) is 17.5 Å². The Morgan fingerprint density at radius 3 is 2.95 bits per heavy atom. The van der Waals surface area contributed by atoms with E-state index in [0.29, 0.717) is 25.3 Å². The van der Waals surface area contributed by atoms with Crippen molar-refractivity contribution in [3.63, 3.8) is 0 Å². The van der Waals surface area contributed by atoms with Gasteiger partial charge in [0.25, 0.3) is 0 Å². The number of amides is 1. The summed E-state index contributed by atoms with van der Waals surface area (Å²) in [5, 5.41) is 11.4. The van der Waals surface area contributed by atoms with Crippen molar-refractivity contribution in [1.82, 2.24) is 4.90 Å². The average Bonchev–Trinajstić information content (AvgIpc) is 3.10. The van der Waals surface area contributed by atoms with Gasteiger partial charge in [-0.1, -0.05) is 12.5 Å². The molecular weight excluding hydrogens is 274 g/mol. The fourth-order valence-electron chi connectivity index (χ4n) is 3.71. The summed E-state index contributed by atoms with van der Waals surface area (Å²) < 4.78 is 0. The number of aliphatic carboxylic acids is 1. The van der Waals surface area contributed by atoms with Crippen LogP contribution in [-0.4, -0.2) is 34.5 Å². The first-order valence-electron chi connectivity index (χ1n) is 7.21. The van der Waals surface area contributed by atoms with Crippen LogP contribution in [0.2, 0.25) is 0 Å². The lowest BCUT2D eigenvalue weighted by molar-refractivity contribution is -0.149. The Bertz CT molecular complexity index is 499. The van der Waals surface area contributed by atoms with Gasteiger partial charge in [-0.2, -0.15) is 0 Å². The summed E-state index contributed by atoms with van der Waals surface area (Å²) in [4.78, 5) is 26.7. The molecule has 1 saturated heterocycles. The van der Waals surface area contributed by atoms with Crippen LogP contribution < -0.4 is 0 Å². The minimum Gasteiger partial charge on any atom is -0.480 e. The predicted molar refractivity (Wildman–Crippen MR) is 76.6 cm³/mol. The third-order valence-electron chi connectivity index (χ3n) is 4.63. The molecule has 3 atom stereocenters. The molecule has 1 aromatic rings. The van der Waals surface area contributed by atoms with E-state index in [2.05, 4.69) is 0 Å². The van der Waals surface area contributed by atoms with Gasteiger partial charge in [0, 0.05) is 17.8 Å². The number of carbonyl (C=O) groups excluding carboxylic acids is 1. The Hall–Kier alpha value is -1.36. The van der Waals surface area contributed by atoms with Crippen LogP contribution in [0.1, 0.15) is 30.6 Å². The van der Waals surface area contributed by atoms with Crippen molar-refractivity contribution in [2.75, 3.05) is 6.54 Å². The number of hydrogen-bond acceptors (Lipinski definition) is 3. The molecule has 3 unspecified atom stereocenters. The minimum absolute atomic E-state index is 0.000185. The SMILES string of the molecule is O=C(O)C1C2CCCC2CN1C(=O)CCc1cccs1. The third-order valence-corrected chi connectivity index (χ3v) is 5.57. The largest absolute Gasteiger partial charge is 0.480 e. The number of carbonyl (C=O) groups is 2. The Kier molecular flexibility index (Phi) is 3.78. The first-order chi connectivity index (χ1) is 9.66. The molecule has 2 heterocycles. The molecule has 1 aliphatic carbocycles. The highest BCUT2D eigenvalue weighted by Crippen LogP contribution is 2.42. The van der Waals surface area contributed by atoms with E-state index < -0.39 is 12.0 Å². The van der Waals surface area contributed by atoms with E-state index >= 15 is 0 Å². The zero-order chi connectivity index (χ0) is 14.1. The second-order valence-electron chi connectivity index (χ2n) is 5.76. The van der Waals surface area contributed by atoms with Gasteiger partial charge < -0.3 is 10.0 Å². The number of carboxylic acids is 1. The van der Waals surface area contributed by atoms with Crippen molar-refractivity contribution in [2.45, 2.75) is 38.1 Å². The Morgan fingerprint density at radius 1 is 1.40 bits per heavy atom. The molecule has 3 rings (SSSR count). The molecule has 0 aromatic carbocycles. The van der Waals surface area contributed by atoms with Crippen molar-refractivity contribution in [3.05, 3.63) is 22.4 Å². The van der Waals surface area contributed by atoms with E-state index in [4.69, 9.17) is 0 Å². The van der Waals surface area contributed by atoms with Gasteiger partial charge >= 0.3 is 5.97 Å². The standard InChI is InChI=1S/C15H19NO3S/c17-13(7-6-11-4-2-8-20-11)16-9-10-3-1-5-12(10)14(16)15(18)19/h2,4,8,10,12,14H,1,3,5-7,9H2,(H,18,19). The molecule has 0 spiro atoms. The summed E-state index contributed by atoms with van der Waals surface area (Å²) in [6, 6.07) is 3.41. The van der Waals surface area contributed by atoms with E-state index in [1.54, 1.807) is 16.2 Å². The molecule has 1 amide bonds. The van der Waals surface area contributed by atoms with Crippen molar-refractivity contribution >= 4 is 23.2 Å². The monoisotopic (exact) mass is 293 g/mol. The molecule has 4 nitrogen and oxygen atoms in total. The van der Waals surface area contributed by atoms with Crippen LogP contribution in [0.25, 0.3) is 0 Å². The lowest BCUT2D eigenvalue weighted by Gasteiger charge is -2.24. The van der Waals surface area contributed by atoms with Crippen molar-refractivity contribution in [1.29, 1.82) is 0 Å². The summed E-state index contributed by atoms with van der Waals surface area (Å²) in [5.74, 6) is -0.246. The predicted octanol–water partition coefficient (Wildman–Crippen LogP) is 2.39. The van der Waals surface area contributed by atoms with Crippen molar-refractivity contribution in [3.8, 4) is 0 Å². The Labute approximate surface area is 122 Å². The van der Waals surface area contributed by atoms with Crippen LogP contribution in [-0.2, 0) is 16.0 Å². The third kappa shape index (κ3) is 2.46. The van der Waals surface area contributed by atoms with Gasteiger partial charge in [0.1, 0.15) is 6.04 Å². The van der Waals surface area contributed by atoms with Gasteiger partial charge in [-0.15, -0.1) is 11.3 Å². The second kappa shape index (κ2) is 5.56. The van der Waals surface area contributed by atoms with Gasteiger partial charge in [-0.3, -0.25) is 4.79 Å². The molecule has 2 aliphatic rings. The molecule has 20 heavy (non-hydrogen) atoms. The molecular formula is C15H19NO3S. The van der Waals surface area contributed by atoms with Gasteiger partial charge in [0.2, 0.25) is 5.91 Å². The Morgan fingerprint density at radius 2 is 2.25 bits per heavy atom. The quantitative estimate of drug-likeness (QED) is 0.927. The molecule has 0 radical (unpaired) electrons. The number of thiophene rings is 1. The molecule has 0 bridgehead atoms. The summed E-state index contributed by atoms with van der Waals surface area (Å²) in [7, 11) is 0. The number of likely N-dealkylation sites (tertiary alicyclic amines) is 1. The number of rotatable bonds is 4. The molecule has 108 valence electrons. The maximum absolute atomic E-state index is 12.4. The molecule has 1 aromatic heterocycles. The average molecular weight is 293 g/mol. The van der Waals surface area contributed by atoms with Crippen LogP contribution in [0.15, 0.2) is 17.5 Å². The first kappa shape index (κ1) is 13.6. The fraction of sp³-hybridized carbons (Fsp3) is 0.600. The van der Waals surface area contributed by atoms with Gasteiger partial charge in [0.15, 0.2) is 0 Å². The summed E-state index contributed by atoms with van der Waals surface area (Å²) in [6.45, 7) is 0.644. The maximum Gasteiger partial charge on any atom is 0.326 e. The zero-order valence-corrected chi connectivity index (χ0v) is 12.1. The lowest BCUT2D eigenvalue weighted by Crippen LogP contribution is -2.43. The summed E-state index contributed by atoms with van der Waals surface area (Å²) in [5.41, 5.74) is 0. The van der Waals surface area contributed by atoms with E-state index in [1.165, 1.54) is 4.88 Å². The van der Waals surface area contributed by atoms with Crippen molar-refractivity contribution < 1.29 is 14.7 Å². The number of nitrogens with zero attached hydrogens (tertiary/aromatic N) is 1. The molecule has 1 N–H and O–H groups in total. The number of fused-ring (bicyclic) bond motifs is 1. The van der Waals surface area contributed by atoms with Gasteiger partial charge in [-0.25, -0.2) is 4.79 Å². The van der Waals surface area contributed by atoms with E-state index in [0.717, 1.165) is 19.3 Å². The first-order valence-corrected chi connectivity index (χ1v) is 8.09. The van der Waals surface area contributed by atoms with Crippen LogP contribution in [0.4, 0.5) is 0 Å². The van der Waals surface area contributed by atoms with Crippen LogP contribution >= 0.6 is 11.3 Å². The topological polar surface area (TPSA) is 57.6 Å². The van der Waals surface area contributed by atoms with Crippen LogP contribution in [0.5, 0.6) is 0 Å². The van der Waals surface area contributed by atoms with Gasteiger partial charge in [0.05, 0.1) is 0 Å². The minimum atomic E-state index is -0.830. The highest BCUT2D eigenvalue weighted by Gasteiger charge is 2.49. The fourth-order valence-corrected chi connectivity index (χ4v) is 4.42. The zero-order valence-electron chi connectivity index (χ0n) is 11.3. The van der Waals surface area contributed by atoms with Crippen LogP contribution in [0.3, 0.4) is 0 Å². The number of carboxylic acid groups (broad SMARTS) is 1. The van der Waals surface area contributed by atoms with E-state index in [-0.39, 0.29) is 11.8 Å². The highest BCUT2D eigenvalue weighted by atomic mass is 32.1. The smallest absolute Gasteiger partial charge is 0.326 e. The summed E-state index contributed by atoms with van der Waals surface area (Å²) in [6.07, 6.45) is 4.27. The maximum atomic E-state index is 12.4. The highest BCUT2D eigenvalue weighted by molar-refractivity contribution is 7.09. The molecule has 1 aliphatic heterocycles. The summed E-state index contributed by atoms with van der Waals surface area (Å²) >= 11 is 1.64. The number of hydrogen-bond donors (Lipinski definition) is 1. The molecule has 5 heteroatoms. The van der Waals surface area contributed by atoms with E-state index in [9.17, 15) is 14.7 Å². The lowest BCUT2D eigenvalue weighted by atomic mass is 9.94. The molecule has 2 fully saturated rings. The Balaban J connectivity index is 1.65. The van der Waals surface area contributed by atoms with Gasteiger partial charge in [-0.05, 0) is 42.5 Å². The van der Waals surface area contributed by atoms with Crippen molar-refractivity contribution in [2.24, 2.45) is 11.8 Å². The normalized spacial score (nSPS) is 28.6. The number of aryl methyl sites for hydroxylation is 1.